The average molecular weight is 353 g/mol. The van der Waals surface area contributed by atoms with Crippen LogP contribution in [0.3, 0.4) is 0 Å². The van der Waals surface area contributed by atoms with E-state index in [9.17, 15) is 4.79 Å². The van der Waals surface area contributed by atoms with Gasteiger partial charge in [-0.2, -0.15) is 0 Å². The molecule has 26 heavy (non-hydrogen) atoms. The fraction of sp³-hybridized carbons (Fsp3) is 0.333. The van der Waals surface area contributed by atoms with Gasteiger partial charge in [0.15, 0.2) is 0 Å². The number of aromatic nitrogens is 2. The van der Waals surface area contributed by atoms with E-state index in [1.807, 2.05) is 50.6 Å². The third kappa shape index (κ3) is 2.94. The van der Waals surface area contributed by atoms with Crippen molar-refractivity contribution in [1.29, 1.82) is 0 Å². The zero-order valence-electron chi connectivity index (χ0n) is 17.8. The van der Waals surface area contributed by atoms with Crippen molar-refractivity contribution in [3.05, 3.63) is 52.8 Å². The van der Waals surface area contributed by atoms with Crippen molar-refractivity contribution in [2.45, 2.75) is 27.7 Å². The van der Waals surface area contributed by atoms with Crippen LogP contribution in [-0.2, 0) is 11.8 Å². The van der Waals surface area contributed by atoms with Crippen molar-refractivity contribution >= 4 is 28.4 Å². The van der Waals surface area contributed by atoms with E-state index in [0.717, 1.165) is 28.2 Å². The molecule has 0 saturated carbocycles. The van der Waals surface area contributed by atoms with E-state index >= 15 is 0 Å². The normalized spacial score (nSPS) is 12.2. The molecule has 2 aromatic carbocycles. The minimum absolute atomic E-state index is 0.275. The average Bonchev–Trinajstić information content (AvgIpc) is 2.92. The lowest BCUT2D eigenvalue weighted by Gasteiger charge is -2.24. The highest BCUT2D eigenvalue weighted by atomic mass is 16.5. The largest absolute Gasteiger partial charge is 0.462 e. The van der Waals surface area contributed by atoms with E-state index in [1.54, 1.807) is 24.0 Å². The van der Waals surface area contributed by atoms with Gasteiger partial charge in [0, 0.05) is 22.5 Å². The fourth-order valence-electron chi connectivity index (χ4n) is 3.21. The summed E-state index contributed by atoms with van der Waals surface area (Å²) in [4.78, 5) is 18.7. The number of hydrogen-bond acceptors (Lipinski definition) is 4. The lowest BCUT2D eigenvalue weighted by atomic mass is 10.1. The Morgan fingerprint density at radius 2 is 1.96 bits per heavy atom. The fourth-order valence-corrected chi connectivity index (χ4v) is 3.21. The van der Waals surface area contributed by atoms with Crippen molar-refractivity contribution in [2.75, 3.05) is 18.5 Å². The van der Waals surface area contributed by atoms with Crippen LogP contribution in [0.5, 0.6) is 0 Å². The van der Waals surface area contributed by atoms with Crippen LogP contribution in [0.2, 0.25) is 0 Å². The van der Waals surface area contributed by atoms with Crippen LogP contribution >= 0.6 is 0 Å². The number of nitrogens with zero attached hydrogens (tertiary/aromatic N) is 3. The van der Waals surface area contributed by atoms with Gasteiger partial charge in [0.1, 0.15) is 11.3 Å². The molecule has 1 heterocycles. The number of esters is 1. The molecule has 0 bridgehead atoms. The molecule has 0 spiro atoms. The Balaban J connectivity index is 2.35. The first kappa shape index (κ1) is 15.4. The Morgan fingerprint density at radius 1 is 1.27 bits per heavy atom. The summed E-state index contributed by atoms with van der Waals surface area (Å²) >= 11 is 0. The standard InChI is InChI=1S/C21H25N3O2/c1-7-26-21(25)16-11-17-19(22-15(4)23(17)5)18(12-16)24(6)20-13(2)9-8-10-14(20)3/h8-12H,7H2,1-6H3/i6D2. The second kappa shape index (κ2) is 6.83. The number of rotatable bonds is 4. The maximum Gasteiger partial charge on any atom is 0.338 e. The zero-order chi connectivity index (χ0) is 20.6. The molecule has 3 rings (SSSR count). The molecular weight excluding hydrogens is 326 g/mol. The molecule has 0 fully saturated rings. The van der Waals surface area contributed by atoms with Crippen LogP contribution in [0.25, 0.3) is 11.0 Å². The summed E-state index contributed by atoms with van der Waals surface area (Å²) < 4.78 is 23.6. The number of fused-ring (bicyclic) bond motifs is 1. The van der Waals surface area contributed by atoms with E-state index in [0.29, 0.717) is 16.8 Å². The van der Waals surface area contributed by atoms with Crippen LogP contribution < -0.4 is 4.90 Å². The summed E-state index contributed by atoms with van der Waals surface area (Å²) in [7, 11) is 1.88. The van der Waals surface area contributed by atoms with Gasteiger partial charge in [-0.05, 0) is 51.0 Å². The molecule has 1 aromatic heterocycles. The Labute approximate surface area is 157 Å². The second-order valence-electron chi connectivity index (χ2n) is 6.41. The zero-order valence-corrected chi connectivity index (χ0v) is 15.8. The first-order valence-corrected chi connectivity index (χ1v) is 8.60. The van der Waals surface area contributed by atoms with Crippen LogP contribution in [-0.4, -0.2) is 29.1 Å². The highest BCUT2D eigenvalue weighted by Crippen LogP contribution is 2.35. The lowest BCUT2D eigenvalue weighted by molar-refractivity contribution is 0.0526. The van der Waals surface area contributed by atoms with Crippen molar-refractivity contribution in [1.82, 2.24) is 9.55 Å². The van der Waals surface area contributed by atoms with Gasteiger partial charge in [0.05, 0.1) is 23.4 Å². The SMILES string of the molecule is [2H]C([2H])N(c1c(C)cccc1C)c1cc(C(=O)OCC)cc2c1nc(C)n2C. The van der Waals surface area contributed by atoms with Crippen LogP contribution in [0, 0.1) is 20.8 Å². The van der Waals surface area contributed by atoms with E-state index in [-0.39, 0.29) is 6.61 Å². The molecule has 0 radical (unpaired) electrons. The maximum absolute atomic E-state index is 12.5. The molecule has 0 aliphatic carbocycles. The quantitative estimate of drug-likeness (QED) is 0.651. The minimum atomic E-state index is -1.32. The van der Waals surface area contributed by atoms with Gasteiger partial charge in [0.25, 0.3) is 0 Å². The molecule has 0 atom stereocenters. The van der Waals surface area contributed by atoms with Crippen molar-refractivity contribution < 1.29 is 12.3 Å². The highest BCUT2D eigenvalue weighted by molar-refractivity contribution is 6.00. The lowest BCUT2D eigenvalue weighted by Crippen LogP contribution is -2.14. The molecular formula is C21H25N3O2. The summed E-state index contributed by atoms with van der Waals surface area (Å²) in [5, 5.41) is 0. The summed E-state index contributed by atoms with van der Waals surface area (Å²) in [6, 6.07) is 9.28. The van der Waals surface area contributed by atoms with Gasteiger partial charge in [-0.3, -0.25) is 0 Å². The van der Waals surface area contributed by atoms with Gasteiger partial charge < -0.3 is 14.2 Å². The van der Waals surface area contributed by atoms with E-state index in [1.165, 1.54) is 0 Å². The van der Waals surface area contributed by atoms with Gasteiger partial charge in [0.2, 0.25) is 0 Å². The predicted molar refractivity (Wildman–Crippen MR) is 105 cm³/mol. The summed E-state index contributed by atoms with van der Waals surface area (Å²) in [6.07, 6.45) is 0. The first-order chi connectivity index (χ1) is 13.3. The van der Waals surface area contributed by atoms with Crippen LogP contribution in [0.1, 0.15) is 37.0 Å². The number of benzene rings is 2. The molecule has 5 nitrogen and oxygen atoms in total. The number of anilines is 2. The van der Waals surface area contributed by atoms with Gasteiger partial charge in [-0.1, -0.05) is 18.2 Å². The van der Waals surface area contributed by atoms with Gasteiger partial charge >= 0.3 is 5.97 Å². The number of para-hydroxylation sites is 1. The Kier molecular flexibility index (Phi) is 4.05. The summed E-state index contributed by atoms with van der Waals surface area (Å²) in [6.45, 7) is 6.51. The van der Waals surface area contributed by atoms with Crippen molar-refractivity contribution in [3.63, 3.8) is 0 Å². The Morgan fingerprint density at radius 3 is 2.58 bits per heavy atom. The molecule has 136 valence electrons. The van der Waals surface area contributed by atoms with E-state index in [4.69, 9.17) is 7.48 Å². The van der Waals surface area contributed by atoms with Gasteiger partial charge in [-0.25, -0.2) is 9.78 Å². The molecule has 0 N–H and O–H groups in total. The van der Waals surface area contributed by atoms with Crippen LogP contribution in [0.15, 0.2) is 30.3 Å². The maximum atomic E-state index is 12.5. The van der Waals surface area contributed by atoms with E-state index < -0.39 is 13.0 Å². The number of ether oxygens (including phenoxy) is 1. The molecule has 3 aromatic rings. The third-order valence-electron chi connectivity index (χ3n) is 4.64. The van der Waals surface area contributed by atoms with Crippen molar-refractivity contribution in [2.24, 2.45) is 7.05 Å². The highest BCUT2D eigenvalue weighted by Gasteiger charge is 2.20. The van der Waals surface area contributed by atoms with E-state index in [2.05, 4.69) is 4.98 Å². The predicted octanol–water partition coefficient (Wildman–Crippen LogP) is 4.44. The molecule has 5 heteroatoms. The Bertz CT molecular complexity index is 1020. The third-order valence-corrected chi connectivity index (χ3v) is 4.64. The first-order valence-electron chi connectivity index (χ1n) is 9.75. The smallest absolute Gasteiger partial charge is 0.338 e. The molecule has 0 amide bonds. The minimum Gasteiger partial charge on any atom is -0.462 e. The molecule has 0 unspecified atom stereocenters. The van der Waals surface area contributed by atoms with Crippen LogP contribution in [0.4, 0.5) is 11.4 Å². The number of carbonyl (C=O) groups excluding carboxylic acids is 1. The number of imidazole rings is 1. The number of aryl methyl sites for hydroxylation is 4. The Hall–Kier alpha value is -2.82. The molecule has 0 aliphatic heterocycles. The summed E-state index contributed by atoms with van der Waals surface area (Å²) in [5.74, 6) is 0.350. The molecule has 0 aliphatic rings. The summed E-state index contributed by atoms with van der Waals surface area (Å²) in [5.41, 5.74) is 5.03. The van der Waals surface area contributed by atoms with Crippen molar-refractivity contribution in [3.8, 4) is 0 Å². The number of carbonyl (C=O) groups is 1. The second-order valence-corrected chi connectivity index (χ2v) is 6.41. The topological polar surface area (TPSA) is 47.4 Å². The number of hydrogen-bond donors (Lipinski definition) is 0. The molecule has 0 saturated heterocycles. The van der Waals surface area contributed by atoms with Gasteiger partial charge in [-0.15, -0.1) is 0 Å². The monoisotopic (exact) mass is 353 g/mol.